The maximum atomic E-state index is 12.4. The SMILES string of the molecule is CCCCCCC1COC(C2COC(C3CCC(C4CCC(CC=C(F)F)CC4)CC3)OC2)OC1. The van der Waals surface area contributed by atoms with Crippen molar-refractivity contribution in [3.8, 4) is 0 Å². The second kappa shape index (κ2) is 14.4. The molecule has 202 valence electrons. The van der Waals surface area contributed by atoms with Crippen LogP contribution in [-0.2, 0) is 18.9 Å². The summed E-state index contributed by atoms with van der Waals surface area (Å²) in [7, 11) is 0. The predicted molar refractivity (Wildman–Crippen MR) is 133 cm³/mol. The first kappa shape index (κ1) is 27.5. The standard InChI is InChI=1S/C29H48F2O4/c1-2-3-4-5-6-22-17-32-29(33-18-22)26-19-34-28(35-20-26)25-14-12-24(13-15-25)23-10-7-21(8-11-23)9-16-27(30)31/h16,21-26,28-29H,2-15,17-20H2,1H3. The summed E-state index contributed by atoms with van der Waals surface area (Å²) in [4.78, 5) is 0. The lowest BCUT2D eigenvalue weighted by Gasteiger charge is -2.42. The molecule has 4 fully saturated rings. The predicted octanol–water partition coefficient (Wildman–Crippen LogP) is 7.72. The van der Waals surface area contributed by atoms with Crippen molar-refractivity contribution in [2.24, 2.45) is 35.5 Å². The van der Waals surface area contributed by atoms with Crippen LogP contribution in [0.3, 0.4) is 0 Å². The molecule has 2 aliphatic heterocycles. The van der Waals surface area contributed by atoms with Crippen molar-refractivity contribution in [3.05, 3.63) is 12.2 Å². The number of ether oxygens (including phenoxy) is 4. The second-order valence-electron chi connectivity index (χ2n) is 11.7. The normalized spacial score (nSPS) is 38.7. The Morgan fingerprint density at radius 3 is 1.77 bits per heavy atom. The van der Waals surface area contributed by atoms with Crippen LogP contribution in [0, 0.1) is 35.5 Å². The van der Waals surface area contributed by atoms with Crippen molar-refractivity contribution in [1.82, 2.24) is 0 Å². The van der Waals surface area contributed by atoms with E-state index in [9.17, 15) is 8.78 Å². The summed E-state index contributed by atoms with van der Waals surface area (Å²) in [6, 6.07) is 0. The number of unbranched alkanes of at least 4 members (excludes halogenated alkanes) is 3. The monoisotopic (exact) mass is 498 g/mol. The van der Waals surface area contributed by atoms with Gasteiger partial charge in [0, 0.05) is 11.8 Å². The summed E-state index contributed by atoms with van der Waals surface area (Å²) in [6.45, 7) is 5.16. The van der Waals surface area contributed by atoms with Gasteiger partial charge in [0.15, 0.2) is 12.6 Å². The van der Waals surface area contributed by atoms with Gasteiger partial charge in [-0.15, -0.1) is 0 Å². The van der Waals surface area contributed by atoms with Crippen LogP contribution in [0.1, 0.15) is 96.8 Å². The first-order valence-electron chi connectivity index (χ1n) is 14.6. The quantitative estimate of drug-likeness (QED) is 0.289. The lowest BCUT2D eigenvalue weighted by atomic mass is 9.68. The number of hydrogen-bond acceptors (Lipinski definition) is 4. The molecule has 6 heteroatoms. The van der Waals surface area contributed by atoms with Crippen molar-refractivity contribution in [2.75, 3.05) is 26.4 Å². The van der Waals surface area contributed by atoms with Gasteiger partial charge >= 0.3 is 0 Å². The average molecular weight is 499 g/mol. The van der Waals surface area contributed by atoms with Crippen LogP contribution in [-0.4, -0.2) is 39.0 Å². The minimum Gasteiger partial charge on any atom is -0.352 e. The molecule has 0 amide bonds. The Morgan fingerprint density at radius 1 is 0.629 bits per heavy atom. The van der Waals surface area contributed by atoms with Crippen LogP contribution in [0.15, 0.2) is 12.2 Å². The van der Waals surface area contributed by atoms with Gasteiger partial charge in [-0.1, -0.05) is 32.6 Å². The molecule has 35 heavy (non-hydrogen) atoms. The smallest absolute Gasteiger partial charge is 0.266 e. The van der Waals surface area contributed by atoms with Gasteiger partial charge < -0.3 is 18.9 Å². The van der Waals surface area contributed by atoms with Crippen molar-refractivity contribution in [1.29, 1.82) is 0 Å². The average Bonchev–Trinajstić information content (AvgIpc) is 2.91. The zero-order valence-electron chi connectivity index (χ0n) is 21.8. The molecule has 0 N–H and O–H groups in total. The topological polar surface area (TPSA) is 36.9 Å². The van der Waals surface area contributed by atoms with Crippen molar-refractivity contribution in [2.45, 2.75) is 109 Å². The van der Waals surface area contributed by atoms with Gasteiger partial charge in [-0.25, -0.2) is 0 Å². The third kappa shape index (κ3) is 8.48. The summed E-state index contributed by atoms with van der Waals surface area (Å²) in [5.74, 6) is 3.20. The van der Waals surface area contributed by atoms with E-state index < -0.39 is 6.08 Å². The van der Waals surface area contributed by atoms with E-state index in [1.165, 1.54) is 70.6 Å². The molecule has 0 aromatic carbocycles. The highest BCUT2D eigenvalue weighted by Gasteiger charge is 2.38. The fraction of sp³-hybridized carbons (Fsp3) is 0.931. The molecule has 2 aliphatic carbocycles. The molecule has 0 bridgehead atoms. The van der Waals surface area contributed by atoms with E-state index in [1.807, 2.05) is 0 Å². The molecule has 4 rings (SSSR count). The Kier molecular flexibility index (Phi) is 11.3. The van der Waals surface area contributed by atoms with E-state index in [4.69, 9.17) is 18.9 Å². The number of rotatable bonds is 10. The summed E-state index contributed by atoms with van der Waals surface area (Å²) in [5.41, 5.74) is 0. The summed E-state index contributed by atoms with van der Waals surface area (Å²) in [5, 5.41) is 0. The molecule has 2 heterocycles. The Bertz CT molecular complexity index is 608. The molecule has 0 spiro atoms. The molecule has 4 nitrogen and oxygen atoms in total. The van der Waals surface area contributed by atoms with Crippen LogP contribution in [0.2, 0.25) is 0 Å². The van der Waals surface area contributed by atoms with Gasteiger partial charge in [-0.2, -0.15) is 8.78 Å². The molecule has 4 aliphatic rings. The van der Waals surface area contributed by atoms with Crippen LogP contribution < -0.4 is 0 Å². The van der Waals surface area contributed by atoms with Gasteiger partial charge in [0.2, 0.25) is 0 Å². The van der Waals surface area contributed by atoms with E-state index in [0.29, 0.717) is 37.4 Å². The lowest BCUT2D eigenvalue weighted by Crippen LogP contribution is -2.46. The Hall–Kier alpha value is -0.560. The maximum Gasteiger partial charge on any atom is 0.266 e. The fourth-order valence-electron chi connectivity index (χ4n) is 6.86. The highest BCUT2D eigenvalue weighted by molar-refractivity contribution is 4.88. The van der Waals surface area contributed by atoms with Crippen molar-refractivity contribution < 1.29 is 27.7 Å². The molecule has 0 aromatic heterocycles. The second-order valence-corrected chi connectivity index (χ2v) is 11.7. The van der Waals surface area contributed by atoms with E-state index in [2.05, 4.69) is 6.92 Å². The largest absolute Gasteiger partial charge is 0.352 e. The van der Waals surface area contributed by atoms with Gasteiger partial charge in [-0.05, 0) is 88.0 Å². The molecule has 0 radical (unpaired) electrons. The highest BCUT2D eigenvalue weighted by Crippen LogP contribution is 2.43. The number of hydrogen-bond donors (Lipinski definition) is 0. The zero-order chi connectivity index (χ0) is 24.5. The zero-order valence-corrected chi connectivity index (χ0v) is 21.8. The lowest BCUT2D eigenvalue weighted by molar-refractivity contribution is -0.291. The van der Waals surface area contributed by atoms with Gasteiger partial charge in [-0.3, -0.25) is 0 Å². The Morgan fingerprint density at radius 2 is 1.17 bits per heavy atom. The third-order valence-corrected chi connectivity index (χ3v) is 9.16. The highest BCUT2D eigenvalue weighted by atomic mass is 19.3. The number of halogens is 2. The first-order chi connectivity index (χ1) is 17.1. The molecule has 0 atom stereocenters. The van der Waals surface area contributed by atoms with E-state index in [0.717, 1.165) is 44.0 Å². The van der Waals surface area contributed by atoms with E-state index in [1.54, 1.807) is 0 Å². The molecular weight excluding hydrogens is 450 g/mol. The van der Waals surface area contributed by atoms with Crippen LogP contribution in [0.5, 0.6) is 0 Å². The van der Waals surface area contributed by atoms with Crippen LogP contribution in [0.25, 0.3) is 0 Å². The summed E-state index contributed by atoms with van der Waals surface area (Å²) < 4.78 is 49.2. The Labute approximate surface area is 211 Å². The fourth-order valence-corrected chi connectivity index (χ4v) is 6.86. The molecular formula is C29H48F2O4. The van der Waals surface area contributed by atoms with Gasteiger partial charge in [0.25, 0.3) is 6.08 Å². The van der Waals surface area contributed by atoms with Crippen molar-refractivity contribution >= 4 is 0 Å². The minimum atomic E-state index is -1.52. The van der Waals surface area contributed by atoms with E-state index in [-0.39, 0.29) is 18.5 Å². The Balaban J connectivity index is 1.09. The molecule has 0 aromatic rings. The minimum absolute atomic E-state index is 0.0831. The summed E-state index contributed by atoms with van der Waals surface area (Å²) >= 11 is 0. The number of allylic oxidation sites excluding steroid dienone is 1. The third-order valence-electron chi connectivity index (χ3n) is 9.16. The molecule has 2 saturated carbocycles. The van der Waals surface area contributed by atoms with Gasteiger partial charge in [0.05, 0.1) is 32.3 Å². The van der Waals surface area contributed by atoms with Crippen molar-refractivity contribution in [3.63, 3.8) is 0 Å². The van der Waals surface area contributed by atoms with Crippen LogP contribution in [0.4, 0.5) is 8.78 Å². The summed E-state index contributed by atoms with van der Waals surface area (Å²) in [6.07, 6.45) is 15.7. The first-order valence-corrected chi connectivity index (χ1v) is 14.6. The molecule has 2 saturated heterocycles. The van der Waals surface area contributed by atoms with E-state index >= 15 is 0 Å². The van der Waals surface area contributed by atoms with Gasteiger partial charge in [0.1, 0.15) is 0 Å². The van der Waals surface area contributed by atoms with Crippen LogP contribution >= 0.6 is 0 Å². The molecule has 0 unspecified atom stereocenters. The maximum absolute atomic E-state index is 12.4.